The van der Waals surface area contributed by atoms with Crippen molar-refractivity contribution in [1.29, 1.82) is 0 Å². The van der Waals surface area contributed by atoms with Crippen LogP contribution in [0.25, 0.3) is 0 Å². The van der Waals surface area contributed by atoms with Gasteiger partial charge in [0.05, 0.1) is 21.8 Å². The van der Waals surface area contributed by atoms with Crippen molar-refractivity contribution in [2.75, 3.05) is 22.7 Å². The largest absolute Gasteiger partial charge is 0.352 e. The van der Waals surface area contributed by atoms with Crippen molar-refractivity contribution in [3.63, 3.8) is 0 Å². The van der Waals surface area contributed by atoms with Crippen LogP contribution in [-0.4, -0.2) is 33.3 Å². The Morgan fingerprint density at radius 1 is 0.943 bits per heavy atom. The van der Waals surface area contributed by atoms with Crippen LogP contribution in [0.3, 0.4) is 0 Å². The Morgan fingerprint density at radius 3 is 2.20 bits per heavy atom. The van der Waals surface area contributed by atoms with Crippen molar-refractivity contribution in [2.24, 2.45) is 5.92 Å². The first-order chi connectivity index (χ1) is 16.6. The maximum atomic E-state index is 13.5. The second kappa shape index (κ2) is 11.4. The summed E-state index contributed by atoms with van der Waals surface area (Å²) in [5, 5.41) is 5.95. The van der Waals surface area contributed by atoms with Crippen molar-refractivity contribution in [2.45, 2.75) is 25.7 Å². The highest BCUT2D eigenvalue weighted by Gasteiger charge is 2.27. The van der Waals surface area contributed by atoms with E-state index in [-0.39, 0.29) is 22.4 Å². The molecular weight excluding hydrogens is 486 g/mol. The predicted molar refractivity (Wildman–Crippen MR) is 139 cm³/mol. The summed E-state index contributed by atoms with van der Waals surface area (Å²) in [7, 11) is -4.07. The van der Waals surface area contributed by atoms with Gasteiger partial charge >= 0.3 is 0 Å². The smallest absolute Gasteiger partial charge is 0.264 e. The summed E-state index contributed by atoms with van der Waals surface area (Å²) in [6, 6.07) is 19.2. The first-order valence-corrected chi connectivity index (χ1v) is 12.9. The third-order valence-corrected chi connectivity index (χ3v) is 7.17. The number of nitrogens with zero attached hydrogens (tertiary/aromatic N) is 1. The second-order valence-electron chi connectivity index (χ2n) is 8.50. The fraction of sp³-hybridized carbons (Fsp3) is 0.231. The van der Waals surface area contributed by atoms with Crippen LogP contribution in [0.4, 0.5) is 11.4 Å². The monoisotopic (exact) mass is 513 g/mol. The van der Waals surface area contributed by atoms with Gasteiger partial charge < -0.3 is 10.6 Å². The molecule has 35 heavy (non-hydrogen) atoms. The summed E-state index contributed by atoms with van der Waals surface area (Å²) in [6.07, 6.45) is 0. The van der Waals surface area contributed by atoms with Crippen molar-refractivity contribution in [3.05, 3.63) is 88.9 Å². The molecule has 0 heterocycles. The minimum atomic E-state index is -4.07. The molecular formula is C26H28ClN3O4S. The highest BCUT2D eigenvalue weighted by atomic mass is 35.5. The molecule has 7 nitrogen and oxygen atoms in total. The fourth-order valence-electron chi connectivity index (χ4n) is 3.26. The van der Waals surface area contributed by atoms with E-state index in [2.05, 4.69) is 10.6 Å². The van der Waals surface area contributed by atoms with E-state index >= 15 is 0 Å². The van der Waals surface area contributed by atoms with Crippen LogP contribution < -0.4 is 14.9 Å². The molecule has 3 aromatic rings. The van der Waals surface area contributed by atoms with E-state index in [4.69, 9.17) is 11.6 Å². The Labute approximate surface area is 211 Å². The number of hydrogen-bond donors (Lipinski definition) is 2. The number of amides is 2. The number of nitrogens with one attached hydrogen (secondary N) is 2. The molecule has 2 N–H and O–H groups in total. The number of anilines is 2. The molecule has 0 fully saturated rings. The van der Waals surface area contributed by atoms with Gasteiger partial charge in [-0.05, 0) is 61.4 Å². The van der Waals surface area contributed by atoms with Crippen LogP contribution in [-0.2, 0) is 14.8 Å². The molecule has 0 bridgehead atoms. The number of rotatable bonds is 9. The fourth-order valence-corrected chi connectivity index (χ4v) is 4.81. The number of para-hydroxylation sites is 1. The Kier molecular flexibility index (Phi) is 8.53. The van der Waals surface area contributed by atoms with E-state index in [9.17, 15) is 18.0 Å². The minimum Gasteiger partial charge on any atom is -0.352 e. The number of benzene rings is 3. The molecule has 3 aromatic carbocycles. The third kappa shape index (κ3) is 6.83. The molecule has 9 heteroatoms. The van der Waals surface area contributed by atoms with Gasteiger partial charge in [-0.2, -0.15) is 0 Å². The number of halogens is 1. The molecule has 0 spiro atoms. The van der Waals surface area contributed by atoms with Crippen molar-refractivity contribution in [1.82, 2.24) is 5.32 Å². The molecule has 0 saturated carbocycles. The molecule has 0 aliphatic carbocycles. The number of hydrogen-bond acceptors (Lipinski definition) is 4. The van der Waals surface area contributed by atoms with Crippen molar-refractivity contribution >= 4 is 44.8 Å². The topological polar surface area (TPSA) is 95.6 Å². The summed E-state index contributed by atoms with van der Waals surface area (Å²) in [5.41, 5.74) is 1.78. The van der Waals surface area contributed by atoms with Crippen LogP contribution in [0, 0.1) is 12.8 Å². The molecule has 0 aliphatic heterocycles. The standard InChI is InChI=1S/C26H28ClN3O4S/c1-18(2)16-28-26(32)23-6-4-5-7-24(23)29-25(31)17-30(21-12-10-20(27)11-13-21)35(33,34)22-14-8-19(3)9-15-22/h4-15,18H,16-17H2,1-3H3,(H,28,32)(H,29,31). The number of carbonyl (C=O) groups is 2. The molecule has 2 amide bonds. The minimum absolute atomic E-state index is 0.0549. The van der Waals surface area contributed by atoms with Gasteiger partial charge in [0.1, 0.15) is 6.54 Å². The first-order valence-electron chi connectivity index (χ1n) is 11.1. The summed E-state index contributed by atoms with van der Waals surface area (Å²) in [4.78, 5) is 25.7. The first kappa shape index (κ1) is 26.2. The zero-order valence-electron chi connectivity index (χ0n) is 19.8. The van der Waals surface area contributed by atoms with Crippen LogP contribution in [0.15, 0.2) is 77.7 Å². The Balaban J connectivity index is 1.89. The average Bonchev–Trinajstić information content (AvgIpc) is 2.82. The summed E-state index contributed by atoms with van der Waals surface area (Å²) in [5.74, 6) is -0.656. The van der Waals surface area contributed by atoms with Gasteiger partial charge in [-0.25, -0.2) is 8.42 Å². The summed E-state index contributed by atoms with van der Waals surface area (Å²) in [6.45, 7) is 5.80. The average molecular weight is 514 g/mol. The lowest BCUT2D eigenvalue weighted by Gasteiger charge is -2.24. The Bertz CT molecular complexity index is 1290. The van der Waals surface area contributed by atoms with Gasteiger partial charge in [-0.15, -0.1) is 0 Å². The van der Waals surface area contributed by atoms with Crippen LogP contribution in [0.2, 0.25) is 5.02 Å². The summed E-state index contributed by atoms with van der Waals surface area (Å²) < 4.78 is 28.0. The quantitative estimate of drug-likeness (QED) is 0.426. The van der Waals surface area contributed by atoms with Gasteiger partial charge in [0, 0.05) is 11.6 Å². The van der Waals surface area contributed by atoms with Gasteiger partial charge in [-0.3, -0.25) is 13.9 Å². The van der Waals surface area contributed by atoms with E-state index in [0.717, 1.165) is 9.87 Å². The van der Waals surface area contributed by atoms with Crippen LogP contribution in [0.1, 0.15) is 29.8 Å². The third-order valence-electron chi connectivity index (χ3n) is 5.13. The molecule has 0 radical (unpaired) electrons. The number of carbonyl (C=O) groups excluding carboxylic acids is 2. The van der Waals surface area contributed by atoms with Gasteiger partial charge in [0.25, 0.3) is 15.9 Å². The zero-order chi connectivity index (χ0) is 25.6. The van der Waals surface area contributed by atoms with Crippen molar-refractivity contribution in [3.8, 4) is 0 Å². The normalized spacial score (nSPS) is 11.2. The molecule has 3 rings (SSSR count). The second-order valence-corrected chi connectivity index (χ2v) is 10.8. The Hall–Kier alpha value is -3.36. The van der Waals surface area contributed by atoms with Gasteiger partial charge in [0.2, 0.25) is 5.91 Å². The number of aryl methyl sites for hydroxylation is 1. The van der Waals surface area contributed by atoms with Crippen LogP contribution >= 0.6 is 11.6 Å². The zero-order valence-corrected chi connectivity index (χ0v) is 21.4. The lowest BCUT2D eigenvalue weighted by Crippen LogP contribution is -2.38. The van der Waals surface area contributed by atoms with Crippen molar-refractivity contribution < 1.29 is 18.0 Å². The van der Waals surface area contributed by atoms with E-state index in [1.165, 1.54) is 24.3 Å². The van der Waals surface area contributed by atoms with E-state index in [0.29, 0.717) is 22.8 Å². The lowest BCUT2D eigenvalue weighted by molar-refractivity contribution is -0.114. The van der Waals surface area contributed by atoms with E-state index in [1.54, 1.807) is 48.5 Å². The van der Waals surface area contributed by atoms with E-state index in [1.807, 2.05) is 20.8 Å². The van der Waals surface area contributed by atoms with E-state index < -0.39 is 22.5 Å². The maximum absolute atomic E-state index is 13.5. The predicted octanol–water partition coefficient (Wildman–Crippen LogP) is 4.87. The molecule has 0 unspecified atom stereocenters. The van der Waals surface area contributed by atoms with Gasteiger partial charge in [-0.1, -0.05) is 55.3 Å². The molecule has 0 aromatic heterocycles. The Morgan fingerprint density at radius 2 is 1.57 bits per heavy atom. The number of sulfonamides is 1. The lowest BCUT2D eigenvalue weighted by atomic mass is 10.1. The van der Waals surface area contributed by atoms with Crippen LogP contribution in [0.5, 0.6) is 0 Å². The highest BCUT2D eigenvalue weighted by Crippen LogP contribution is 2.26. The van der Waals surface area contributed by atoms with Gasteiger partial charge in [0.15, 0.2) is 0 Å². The maximum Gasteiger partial charge on any atom is 0.264 e. The highest BCUT2D eigenvalue weighted by molar-refractivity contribution is 7.92. The summed E-state index contributed by atoms with van der Waals surface area (Å²) >= 11 is 5.99. The SMILES string of the molecule is Cc1ccc(S(=O)(=O)N(CC(=O)Nc2ccccc2C(=O)NCC(C)C)c2ccc(Cl)cc2)cc1. The molecule has 0 atom stereocenters. The molecule has 0 saturated heterocycles. The molecule has 0 aliphatic rings. The molecule has 184 valence electrons.